The molecule has 0 unspecified atom stereocenters. The van der Waals surface area contributed by atoms with Gasteiger partial charge in [-0.05, 0) is 131 Å². The Morgan fingerprint density at radius 1 is 0.882 bits per heavy atom. The van der Waals surface area contributed by atoms with E-state index in [2.05, 4.69) is 78.0 Å². The fraction of sp³-hybridized carbons (Fsp3) is 0.778. The second kappa shape index (κ2) is 8.75. The van der Waals surface area contributed by atoms with Gasteiger partial charge >= 0.3 is 0 Å². The molecule has 3 aliphatic rings. The molecule has 0 heterocycles. The summed E-state index contributed by atoms with van der Waals surface area (Å²) in [4.78, 5) is 0. The lowest BCUT2D eigenvalue weighted by Gasteiger charge is -2.51. The lowest BCUT2D eigenvalue weighted by Crippen LogP contribution is -2.50. The zero-order valence-electron chi connectivity index (χ0n) is 23.4. The van der Waals surface area contributed by atoms with Gasteiger partial charge in [0.1, 0.15) is 5.75 Å². The molecule has 2 saturated carbocycles. The molecule has 0 spiro atoms. The van der Waals surface area contributed by atoms with Gasteiger partial charge in [-0.25, -0.2) is 0 Å². The first-order chi connectivity index (χ1) is 15.5. The zero-order valence-corrected chi connectivity index (χ0v) is 26.4. The Morgan fingerprint density at radius 3 is 2.12 bits per heavy atom. The topological polar surface area (TPSA) is 53.7 Å². The van der Waals surface area contributed by atoms with Crippen LogP contribution in [0.2, 0.25) is 58.9 Å². The molecule has 0 bridgehead atoms. The first-order valence-electron chi connectivity index (χ1n) is 13.4. The molecule has 7 heteroatoms. The maximum atomic E-state index is 6.96. The minimum atomic E-state index is -1.69. The summed E-state index contributed by atoms with van der Waals surface area (Å²) in [6.07, 6.45) is 6.35. The highest BCUT2D eigenvalue weighted by atomic mass is 28.4. The number of nitrogen functional groups attached to an aromatic ring is 1. The van der Waals surface area contributed by atoms with Crippen LogP contribution in [-0.4, -0.2) is 37.2 Å². The van der Waals surface area contributed by atoms with Crippen molar-refractivity contribution in [2.24, 2.45) is 17.3 Å². The molecule has 0 aliphatic heterocycles. The normalized spacial score (nSPS) is 33.8. The highest BCUT2D eigenvalue weighted by molar-refractivity contribution is 6.70. The van der Waals surface area contributed by atoms with Crippen molar-refractivity contribution < 1.29 is 13.3 Å². The molecular formula is C27H49NO3Si3. The quantitative estimate of drug-likeness (QED) is 0.314. The van der Waals surface area contributed by atoms with Crippen molar-refractivity contribution in [3.63, 3.8) is 0 Å². The molecule has 192 valence electrons. The van der Waals surface area contributed by atoms with E-state index < -0.39 is 25.0 Å². The van der Waals surface area contributed by atoms with Crippen molar-refractivity contribution in [1.29, 1.82) is 0 Å². The van der Waals surface area contributed by atoms with Crippen molar-refractivity contribution in [2.45, 2.75) is 116 Å². The van der Waals surface area contributed by atoms with Crippen LogP contribution in [0.15, 0.2) is 12.1 Å². The standard InChI is InChI=1S/C27H49NO3Si3/c1-27-16-15-19-18-13-14-23(29-32(2,3)4)25(28)21(18)12-11-20(19)22(27)17-24(30-33(5,6)7)26(27)31-34(8,9)10/h13-14,19-20,22,24,26H,11-12,15-17,28H2,1-10H3/t19-,20-,22+,24-,26+,27+/m1/s1. The molecule has 4 nitrogen and oxygen atoms in total. The molecule has 1 aromatic rings. The molecule has 0 saturated heterocycles. The third-order valence-electron chi connectivity index (χ3n) is 8.23. The Kier molecular flexibility index (Phi) is 6.81. The molecule has 1 aromatic carbocycles. The average molecular weight is 520 g/mol. The van der Waals surface area contributed by atoms with Crippen molar-refractivity contribution in [2.75, 3.05) is 5.73 Å². The van der Waals surface area contributed by atoms with Crippen LogP contribution in [0.5, 0.6) is 5.75 Å². The Labute approximate surface area is 211 Å². The van der Waals surface area contributed by atoms with Crippen molar-refractivity contribution in [3.8, 4) is 5.75 Å². The first-order valence-corrected chi connectivity index (χ1v) is 23.7. The lowest BCUT2D eigenvalue weighted by molar-refractivity contribution is -0.0362. The number of benzene rings is 1. The molecule has 4 rings (SSSR count). The van der Waals surface area contributed by atoms with Gasteiger partial charge in [-0.15, -0.1) is 0 Å². The molecule has 0 aromatic heterocycles. The third-order valence-corrected chi connectivity index (χ3v) is 11.0. The molecule has 6 atom stereocenters. The van der Waals surface area contributed by atoms with Gasteiger partial charge in [0.2, 0.25) is 8.32 Å². The number of fused-ring (bicyclic) bond motifs is 5. The second-order valence-electron chi connectivity index (χ2n) is 14.4. The van der Waals surface area contributed by atoms with E-state index in [0.29, 0.717) is 17.8 Å². The number of hydrogen-bond acceptors (Lipinski definition) is 4. The molecule has 2 fully saturated rings. The number of rotatable bonds is 6. The first kappa shape index (κ1) is 26.5. The van der Waals surface area contributed by atoms with E-state index in [1.807, 2.05) is 0 Å². The summed E-state index contributed by atoms with van der Waals surface area (Å²) >= 11 is 0. The van der Waals surface area contributed by atoms with Gasteiger partial charge in [0.25, 0.3) is 0 Å². The van der Waals surface area contributed by atoms with E-state index in [9.17, 15) is 0 Å². The summed E-state index contributed by atoms with van der Waals surface area (Å²) in [5.74, 6) is 2.85. The summed E-state index contributed by atoms with van der Waals surface area (Å²) in [6.45, 7) is 23.2. The molecule has 2 N–H and O–H groups in total. The maximum Gasteiger partial charge on any atom is 0.242 e. The number of anilines is 1. The van der Waals surface area contributed by atoms with Gasteiger partial charge in [-0.1, -0.05) is 13.0 Å². The zero-order chi connectivity index (χ0) is 25.3. The van der Waals surface area contributed by atoms with Crippen molar-refractivity contribution >= 4 is 30.6 Å². The smallest absolute Gasteiger partial charge is 0.242 e. The Morgan fingerprint density at radius 2 is 1.53 bits per heavy atom. The molecule has 34 heavy (non-hydrogen) atoms. The van der Waals surface area contributed by atoms with Crippen LogP contribution in [0.3, 0.4) is 0 Å². The summed E-state index contributed by atoms with van der Waals surface area (Å²) in [5, 5.41) is 0. The Hall–Kier alpha value is -0.609. The Balaban J connectivity index is 1.65. The SMILES string of the molecule is C[C@]12CC[C@@H]3c4ccc(O[Si](C)(C)C)c(N)c4CC[C@H]3[C@@H]1C[C@@H](O[Si](C)(C)C)[C@@H]2O[Si](C)(C)C. The fourth-order valence-corrected chi connectivity index (χ4v) is 10.3. The molecule has 3 aliphatic carbocycles. The van der Waals surface area contributed by atoms with E-state index in [1.54, 1.807) is 0 Å². The van der Waals surface area contributed by atoms with Crippen molar-refractivity contribution in [1.82, 2.24) is 0 Å². The van der Waals surface area contributed by atoms with Gasteiger partial charge in [0.15, 0.2) is 16.6 Å². The fourth-order valence-electron chi connectivity index (χ4n) is 7.19. The summed E-state index contributed by atoms with van der Waals surface area (Å²) in [5.41, 5.74) is 10.7. The van der Waals surface area contributed by atoms with Crippen LogP contribution in [0.25, 0.3) is 0 Å². The summed E-state index contributed by atoms with van der Waals surface area (Å²) < 4.78 is 20.1. The highest BCUT2D eigenvalue weighted by Crippen LogP contribution is 2.63. The van der Waals surface area contributed by atoms with Gasteiger partial charge < -0.3 is 19.0 Å². The second-order valence-corrected chi connectivity index (χ2v) is 27.7. The summed E-state index contributed by atoms with van der Waals surface area (Å²) in [6, 6.07) is 4.51. The number of nitrogens with two attached hydrogens (primary N) is 1. The van der Waals surface area contributed by atoms with E-state index in [1.165, 1.54) is 30.4 Å². The number of hydrogen-bond donors (Lipinski definition) is 1. The van der Waals surface area contributed by atoms with Crippen LogP contribution in [0.1, 0.15) is 49.7 Å². The van der Waals surface area contributed by atoms with Crippen molar-refractivity contribution in [3.05, 3.63) is 23.3 Å². The van der Waals surface area contributed by atoms with Crippen LogP contribution >= 0.6 is 0 Å². The van der Waals surface area contributed by atoms with E-state index >= 15 is 0 Å². The van der Waals surface area contributed by atoms with Gasteiger partial charge in [0.05, 0.1) is 17.9 Å². The third kappa shape index (κ3) is 5.24. The highest BCUT2D eigenvalue weighted by Gasteiger charge is 2.60. The largest absolute Gasteiger partial charge is 0.543 e. The molecule has 0 radical (unpaired) electrons. The monoisotopic (exact) mass is 519 g/mol. The Bertz CT molecular complexity index is 917. The lowest BCUT2D eigenvalue weighted by atomic mass is 9.55. The minimum Gasteiger partial charge on any atom is -0.543 e. The van der Waals surface area contributed by atoms with Crippen LogP contribution in [0, 0.1) is 17.3 Å². The van der Waals surface area contributed by atoms with Gasteiger partial charge in [-0.3, -0.25) is 0 Å². The summed E-state index contributed by atoms with van der Waals surface area (Å²) in [7, 11) is -5.05. The van der Waals surface area contributed by atoms with E-state index in [0.717, 1.165) is 24.3 Å². The average Bonchev–Trinajstić information content (AvgIpc) is 2.92. The molecular weight excluding hydrogens is 471 g/mol. The van der Waals surface area contributed by atoms with Gasteiger partial charge in [0, 0.05) is 0 Å². The molecule has 0 amide bonds. The predicted octanol–water partition coefficient (Wildman–Crippen LogP) is 7.39. The predicted molar refractivity (Wildman–Crippen MR) is 151 cm³/mol. The van der Waals surface area contributed by atoms with Gasteiger partial charge in [-0.2, -0.15) is 0 Å². The minimum absolute atomic E-state index is 0.204. The van der Waals surface area contributed by atoms with Crippen LogP contribution in [0.4, 0.5) is 5.69 Å². The van der Waals surface area contributed by atoms with Crippen LogP contribution < -0.4 is 10.2 Å². The maximum absolute atomic E-state index is 6.96. The van der Waals surface area contributed by atoms with Crippen LogP contribution in [-0.2, 0) is 15.3 Å². The van der Waals surface area contributed by atoms with E-state index in [-0.39, 0.29) is 17.6 Å². The van der Waals surface area contributed by atoms with E-state index in [4.69, 9.17) is 19.0 Å².